The summed E-state index contributed by atoms with van der Waals surface area (Å²) >= 11 is 0. The molecule has 26 heavy (non-hydrogen) atoms. The summed E-state index contributed by atoms with van der Waals surface area (Å²) in [5.74, 6) is 1.35. The maximum Gasteiger partial charge on any atom is 0.229 e. The molecule has 2 aromatic carbocycles. The van der Waals surface area contributed by atoms with E-state index in [-0.39, 0.29) is 5.41 Å². The molecular weight excluding hydrogens is 344 g/mol. The van der Waals surface area contributed by atoms with Crippen LogP contribution in [0.1, 0.15) is 18.1 Å². The summed E-state index contributed by atoms with van der Waals surface area (Å²) < 4.78 is 25.6. The first-order valence-electron chi connectivity index (χ1n) is 9.21. The number of piperidine rings is 1. The van der Waals surface area contributed by atoms with Gasteiger partial charge in [-0.25, -0.2) is 8.42 Å². The molecule has 4 rings (SSSR count). The van der Waals surface area contributed by atoms with Crippen LogP contribution in [0, 0.1) is 11.8 Å². The fourth-order valence-electron chi connectivity index (χ4n) is 4.64. The lowest BCUT2D eigenvalue weighted by molar-refractivity contribution is 0.281. The first-order valence-corrected chi connectivity index (χ1v) is 11.1. The third kappa shape index (κ3) is 3.38. The topological polar surface area (TPSA) is 49.4 Å². The monoisotopic (exact) mass is 370 g/mol. The van der Waals surface area contributed by atoms with Gasteiger partial charge < -0.3 is 4.90 Å². The van der Waals surface area contributed by atoms with Crippen LogP contribution in [0.2, 0.25) is 0 Å². The molecule has 2 aromatic rings. The largest absolute Gasteiger partial charge is 0.302 e. The average Bonchev–Trinajstić information content (AvgIpc) is 2.95. The molecule has 0 spiro atoms. The number of fused-ring (bicyclic) bond motifs is 1. The molecule has 1 saturated heterocycles. The molecule has 2 aliphatic rings. The predicted octanol–water partition coefficient (Wildman–Crippen LogP) is 3.12. The standard InChI is InChI=1S/C21H26N2O2S/c1-21(17-9-6-10-18(13-17)22-26(2,24)25)19-14-23(15-20(19)21)12-11-16-7-4-3-5-8-16/h3-10,13,19-20,22H,11-12,14-15H2,1-2H3. The van der Waals surface area contributed by atoms with E-state index in [1.807, 2.05) is 18.2 Å². The number of hydrogen-bond acceptors (Lipinski definition) is 3. The van der Waals surface area contributed by atoms with Crippen LogP contribution < -0.4 is 4.72 Å². The molecule has 4 nitrogen and oxygen atoms in total. The number of rotatable bonds is 6. The van der Waals surface area contributed by atoms with Crippen LogP contribution in [0.4, 0.5) is 5.69 Å². The zero-order valence-electron chi connectivity index (χ0n) is 15.4. The number of anilines is 1. The van der Waals surface area contributed by atoms with Crippen molar-refractivity contribution in [3.63, 3.8) is 0 Å². The van der Waals surface area contributed by atoms with Gasteiger partial charge in [-0.1, -0.05) is 49.4 Å². The highest BCUT2D eigenvalue weighted by Gasteiger charge is 2.65. The van der Waals surface area contributed by atoms with Crippen LogP contribution in [0.15, 0.2) is 54.6 Å². The van der Waals surface area contributed by atoms with Crippen LogP contribution in [0.5, 0.6) is 0 Å². The van der Waals surface area contributed by atoms with Crippen molar-refractivity contribution in [1.29, 1.82) is 0 Å². The van der Waals surface area contributed by atoms with Crippen LogP contribution in [0.25, 0.3) is 0 Å². The molecule has 0 amide bonds. The third-order valence-electron chi connectivity index (χ3n) is 6.17. The van der Waals surface area contributed by atoms with Gasteiger partial charge in [0.25, 0.3) is 0 Å². The number of sulfonamides is 1. The van der Waals surface area contributed by atoms with Crippen molar-refractivity contribution in [3.05, 3.63) is 65.7 Å². The van der Waals surface area contributed by atoms with Crippen LogP contribution in [-0.2, 0) is 21.9 Å². The molecule has 138 valence electrons. The number of nitrogens with zero attached hydrogens (tertiary/aromatic N) is 1. The van der Waals surface area contributed by atoms with E-state index in [4.69, 9.17) is 0 Å². The van der Waals surface area contributed by atoms with Gasteiger partial charge in [-0.2, -0.15) is 0 Å². The Kier molecular flexibility index (Phi) is 4.32. The molecule has 1 heterocycles. The van der Waals surface area contributed by atoms with Crippen molar-refractivity contribution in [2.24, 2.45) is 11.8 Å². The zero-order valence-corrected chi connectivity index (χ0v) is 16.2. The molecule has 0 bridgehead atoms. The van der Waals surface area contributed by atoms with Gasteiger partial charge >= 0.3 is 0 Å². The fraction of sp³-hybridized carbons (Fsp3) is 0.429. The summed E-state index contributed by atoms with van der Waals surface area (Å²) in [6, 6.07) is 18.6. The number of likely N-dealkylation sites (tertiary alicyclic amines) is 1. The van der Waals surface area contributed by atoms with Gasteiger partial charge in [0.15, 0.2) is 0 Å². The summed E-state index contributed by atoms with van der Waals surface area (Å²) in [4.78, 5) is 2.57. The zero-order chi connectivity index (χ0) is 18.4. The fourth-order valence-corrected chi connectivity index (χ4v) is 5.19. The molecule has 0 radical (unpaired) electrons. The second kappa shape index (κ2) is 6.39. The minimum absolute atomic E-state index is 0.179. The lowest BCUT2D eigenvalue weighted by Crippen LogP contribution is -2.30. The molecule has 1 aliphatic heterocycles. The minimum Gasteiger partial charge on any atom is -0.302 e. The van der Waals surface area contributed by atoms with Crippen molar-refractivity contribution < 1.29 is 8.42 Å². The van der Waals surface area contributed by atoms with Crippen molar-refractivity contribution in [1.82, 2.24) is 4.90 Å². The van der Waals surface area contributed by atoms with Crippen molar-refractivity contribution in [3.8, 4) is 0 Å². The number of hydrogen-bond donors (Lipinski definition) is 1. The molecule has 1 aliphatic carbocycles. The van der Waals surface area contributed by atoms with E-state index < -0.39 is 10.0 Å². The molecular formula is C21H26N2O2S. The molecule has 2 unspecified atom stereocenters. The van der Waals surface area contributed by atoms with E-state index in [1.165, 1.54) is 17.4 Å². The highest BCUT2D eigenvalue weighted by Crippen LogP contribution is 2.63. The van der Waals surface area contributed by atoms with Crippen LogP contribution in [0.3, 0.4) is 0 Å². The summed E-state index contributed by atoms with van der Waals surface area (Å²) in [5.41, 5.74) is 3.50. The Bertz CT molecular complexity index is 883. The maximum atomic E-state index is 11.5. The Labute approximate surface area is 156 Å². The summed E-state index contributed by atoms with van der Waals surface area (Å²) in [5, 5.41) is 0. The second-order valence-corrected chi connectivity index (χ2v) is 9.69. The summed E-state index contributed by atoms with van der Waals surface area (Å²) in [7, 11) is -3.24. The molecule has 1 N–H and O–H groups in total. The van der Waals surface area contributed by atoms with Gasteiger partial charge in [-0.15, -0.1) is 0 Å². The van der Waals surface area contributed by atoms with Crippen molar-refractivity contribution >= 4 is 15.7 Å². The van der Waals surface area contributed by atoms with Crippen LogP contribution >= 0.6 is 0 Å². The SMILES string of the molecule is CC1(c2cccc(NS(C)(=O)=O)c2)C2CN(CCc3ccccc3)CC21. The summed E-state index contributed by atoms with van der Waals surface area (Å²) in [6.45, 7) is 5.72. The highest BCUT2D eigenvalue weighted by atomic mass is 32.2. The van der Waals surface area contributed by atoms with Gasteiger partial charge in [0, 0.05) is 30.7 Å². The maximum absolute atomic E-state index is 11.5. The lowest BCUT2D eigenvalue weighted by atomic mass is 9.92. The van der Waals surface area contributed by atoms with Gasteiger partial charge in [0.1, 0.15) is 0 Å². The Morgan fingerprint density at radius 3 is 2.42 bits per heavy atom. The number of nitrogens with one attached hydrogen (secondary N) is 1. The van der Waals surface area contributed by atoms with Gasteiger partial charge in [-0.3, -0.25) is 4.72 Å². The Balaban J connectivity index is 1.39. The molecule has 1 saturated carbocycles. The average molecular weight is 371 g/mol. The first-order chi connectivity index (χ1) is 12.4. The quantitative estimate of drug-likeness (QED) is 0.850. The Hall–Kier alpha value is -1.85. The Morgan fingerprint density at radius 2 is 1.77 bits per heavy atom. The van der Waals surface area contributed by atoms with E-state index >= 15 is 0 Å². The smallest absolute Gasteiger partial charge is 0.229 e. The van der Waals surface area contributed by atoms with Gasteiger partial charge in [-0.05, 0) is 41.5 Å². The van der Waals surface area contributed by atoms with Crippen molar-refractivity contribution in [2.75, 3.05) is 30.6 Å². The minimum atomic E-state index is -3.24. The van der Waals surface area contributed by atoms with E-state index in [0.717, 1.165) is 26.1 Å². The summed E-state index contributed by atoms with van der Waals surface area (Å²) in [6.07, 6.45) is 2.29. The Morgan fingerprint density at radius 1 is 1.08 bits per heavy atom. The lowest BCUT2D eigenvalue weighted by Gasteiger charge is -2.24. The predicted molar refractivity (Wildman–Crippen MR) is 106 cm³/mol. The van der Waals surface area contributed by atoms with Crippen molar-refractivity contribution in [2.45, 2.75) is 18.8 Å². The molecule has 0 aromatic heterocycles. The van der Waals surface area contributed by atoms with Gasteiger partial charge in [0.05, 0.1) is 6.26 Å². The molecule has 2 fully saturated rings. The van der Waals surface area contributed by atoms with Crippen LogP contribution in [-0.4, -0.2) is 39.2 Å². The highest BCUT2D eigenvalue weighted by molar-refractivity contribution is 7.92. The second-order valence-electron chi connectivity index (χ2n) is 7.95. The first kappa shape index (κ1) is 17.6. The number of benzene rings is 2. The van der Waals surface area contributed by atoms with E-state index in [1.54, 1.807) is 0 Å². The molecule has 2 atom stereocenters. The third-order valence-corrected chi connectivity index (χ3v) is 6.78. The van der Waals surface area contributed by atoms with E-state index in [0.29, 0.717) is 17.5 Å². The van der Waals surface area contributed by atoms with E-state index in [9.17, 15) is 8.42 Å². The van der Waals surface area contributed by atoms with Gasteiger partial charge in [0.2, 0.25) is 10.0 Å². The van der Waals surface area contributed by atoms with E-state index in [2.05, 4.69) is 52.9 Å². The normalized spacial score (nSPS) is 27.9. The molecule has 5 heteroatoms.